The van der Waals surface area contributed by atoms with E-state index in [0.29, 0.717) is 49.3 Å². The number of aromatic hydroxyl groups is 1. The van der Waals surface area contributed by atoms with Crippen molar-refractivity contribution in [1.29, 1.82) is 0 Å². The molecule has 0 aliphatic carbocycles. The van der Waals surface area contributed by atoms with Crippen molar-refractivity contribution in [3.63, 3.8) is 0 Å². The molecule has 0 atom stereocenters. The van der Waals surface area contributed by atoms with E-state index in [1.54, 1.807) is 70.6 Å². The van der Waals surface area contributed by atoms with Gasteiger partial charge in [0.05, 0.1) is 31.9 Å². The topological polar surface area (TPSA) is 93.1 Å². The number of phenols is 1. The summed E-state index contributed by atoms with van der Waals surface area (Å²) in [5, 5.41) is 16.0. The van der Waals surface area contributed by atoms with Gasteiger partial charge in [0.25, 0.3) is 11.8 Å². The zero-order valence-corrected chi connectivity index (χ0v) is 36.6. The van der Waals surface area contributed by atoms with Crippen LogP contribution in [0.15, 0.2) is 118 Å². The summed E-state index contributed by atoms with van der Waals surface area (Å²) in [5.74, 6) is 2.78. The first-order chi connectivity index (χ1) is 28.2. The highest BCUT2D eigenvalue weighted by atomic mass is 35.5. The Morgan fingerprint density at radius 1 is 0.724 bits per heavy atom. The molecule has 9 nitrogen and oxygen atoms in total. The molecule has 2 amide bonds. The fourth-order valence-electron chi connectivity index (χ4n) is 6.67. The number of piperazine rings is 2. The van der Waals surface area contributed by atoms with E-state index in [-0.39, 0.29) is 17.6 Å². The minimum atomic E-state index is 0.0779. The number of anilines is 2. The van der Waals surface area contributed by atoms with E-state index >= 15 is 0 Å². The van der Waals surface area contributed by atoms with E-state index in [0.717, 1.165) is 67.7 Å². The van der Waals surface area contributed by atoms with Gasteiger partial charge in [-0.05, 0) is 60.8 Å². The van der Waals surface area contributed by atoms with Gasteiger partial charge in [-0.15, -0.1) is 46.2 Å². The third kappa shape index (κ3) is 10.9. The number of amides is 2. The maximum absolute atomic E-state index is 13.2. The highest BCUT2D eigenvalue weighted by molar-refractivity contribution is 7.99. The number of thioether (sulfide) groups is 2. The van der Waals surface area contributed by atoms with Crippen LogP contribution in [0.25, 0.3) is 0 Å². The average Bonchev–Trinajstić information content (AvgIpc) is 3.94. The summed E-state index contributed by atoms with van der Waals surface area (Å²) in [6, 6.07) is 28.8. The fourth-order valence-corrected chi connectivity index (χ4v) is 10.6. The van der Waals surface area contributed by atoms with Crippen molar-refractivity contribution in [2.75, 3.05) is 62.2 Å². The Morgan fingerprint density at radius 2 is 1.34 bits per heavy atom. The first-order valence-corrected chi connectivity index (χ1v) is 23.3. The number of benzene rings is 3. The average molecular weight is 890 g/mol. The van der Waals surface area contributed by atoms with Gasteiger partial charge in [0, 0.05) is 102 Å². The maximum atomic E-state index is 13.2. The molecule has 3 aromatic heterocycles. The molecule has 0 saturated carbocycles. The highest BCUT2D eigenvalue weighted by Gasteiger charge is 2.26. The first kappa shape index (κ1) is 41.9. The van der Waals surface area contributed by atoms with Crippen molar-refractivity contribution < 1.29 is 14.7 Å². The zero-order valence-electron chi connectivity index (χ0n) is 31.8. The number of hydrogen-bond donors (Lipinski definition) is 1. The van der Waals surface area contributed by atoms with Gasteiger partial charge in [0.1, 0.15) is 11.6 Å². The van der Waals surface area contributed by atoms with Crippen LogP contribution in [-0.2, 0) is 11.5 Å². The van der Waals surface area contributed by atoms with E-state index in [1.165, 1.54) is 4.88 Å². The molecule has 2 aliphatic rings. The Balaban J connectivity index is 0.000000177. The van der Waals surface area contributed by atoms with Gasteiger partial charge >= 0.3 is 0 Å². The van der Waals surface area contributed by atoms with Gasteiger partial charge in [-0.1, -0.05) is 59.6 Å². The Labute approximate surface area is 365 Å². The third-order valence-electron chi connectivity index (χ3n) is 9.64. The number of aromatic nitrogens is 2. The van der Waals surface area contributed by atoms with Crippen molar-refractivity contribution in [2.24, 2.45) is 0 Å². The summed E-state index contributed by atoms with van der Waals surface area (Å²) >= 11 is 19.0. The standard InChI is InChI=1S/C22H23N3O2S2.C21H19Cl2N3OS2/c1-16-23-17(14-28-16)15-29-21-8-3-2-7-20(21)22(27)25-11-9-24(10-12-25)18-5-4-6-19(26)13-18;22-15-12-18(23)20(24-13-15)25-7-9-26(10-8-25)21(27)17-5-1-2-6-19(17)29-14-16-4-3-11-28-16/h2-8,13-14,26H,9-12,15H2,1H3;1-6,11-13H,7-10,14H2. The maximum Gasteiger partial charge on any atom is 0.255 e. The quantitative estimate of drug-likeness (QED) is 0.135. The summed E-state index contributed by atoms with van der Waals surface area (Å²) in [5.41, 5.74) is 3.58. The molecule has 0 spiro atoms. The molecule has 2 fully saturated rings. The molecular formula is C43H42Cl2N6O3S4. The van der Waals surface area contributed by atoms with Crippen LogP contribution in [0.5, 0.6) is 5.75 Å². The SMILES string of the molecule is Cc1nc(CSc2ccccc2C(=O)N2CCN(c3cccc(O)c3)CC2)cs1.O=C(c1ccccc1SCc1cccs1)N1CCN(c2ncc(Cl)cc2Cl)CC1. The number of hydrogen-bond acceptors (Lipinski definition) is 11. The number of carbonyl (C=O) groups excluding carboxylic acids is 2. The van der Waals surface area contributed by atoms with Crippen LogP contribution in [-0.4, -0.2) is 89.0 Å². The Bertz CT molecular complexity index is 2310. The molecule has 1 N–H and O–H groups in total. The van der Waals surface area contributed by atoms with Crippen LogP contribution in [0.3, 0.4) is 0 Å². The molecule has 15 heteroatoms. The van der Waals surface area contributed by atoms with E-state index in [1.807, 2.05) is 77.4 Å². The van der Waals surface area contributed by atoms with Crippen LogP contribution in [0, 0.1) is 6.92 Å². The smallest absolute Gasteiger partial charge is 0.255 e. The van der Waals surface area contributed by atoms with Crippen molar-refractivity contribution >= 4 is 92.7 Å². The van der Waals surface area contributed by atoms with Crippen LogP contribution >= 0.6 is 69.4 Å². The van der Waals surface area contributed by atoms with Crippen molar-refractivity contribution in [1.82, 2.24) is 19.8 Å². The number of halogens is 2. The van der Waals surface area contributed by atoms with E-state index in [4.69, 9.17) is 23.2 Å². The van der Waals surface area contributed by atoms with Gasteiger partial charge in [0.2, 0.25) is 0 Å². The number of thiazole rings is 1. The summed E-state index contributed by atoms with van der Waals surface area (Å²) in [6.45, 7) is 7.47. The second-order valence-electron chi connectivity index (χ2n) is 13.5. The van der Waals surface area contributed by atoms with E-state index in [2.05, 4.69) is 42.7 Å². The van der Waals surface area contributed by atoms with Crippen molar-refractivity contribution in [2.45, 2.75) is 28.2 Å². The Hall–Kier alpha value is -4.24. The second kappa shape index (κ2) is 20.1. The monoisotopic (exact) mass is 888 g/mol. The highest BCUT2D eigenvalue weighted by Crippen LogP contribution is 2.32. The summed E-state index contributed by atoms with van der Waals surface area (Å²) in [7, 11) is 0. The molecule has 6 aromatic rings. The first-order valence-electron chi connectivity index (χ1n) is 18.8. The lowest BCUT2D eigenvalue weighted by Gasteiger charge is -2.36. The molecule has 2 aliphatic heterocycles. The number of thiophene rings is 1. The molecule has 3 aromatic carbocycles. The fraction of sp³-hybridized carbons (Fsp3) is 0.256. The lowest BCUT2D eigenvalue weighted by molar-refractivity contribution is 0.0735. The summed E-state index contributed by atoms with van der Waals surface area (Å²) in [6.07, 6.45) is 1.60. The minimum Gasteiger partial charge on any atom is -0.508 e. The number of nitrogens with zero attached hydrogens (tertiary/aromatic N) is 6. The largest absolute Gasteiger partial charge is 0.508 e. The molecular weight excluding hydrogens is 848 g/mol. The van der Waals surface area contributed by atoms with Gasteiger partial charge in [-0.2, -0.15) is 0 Å². The number of aryl methyl sites for hydroxylation is 1. The van der Waals surface area contributed by atoms with Crippen molar-refractivity contribution in [3.05, 3.63) is 145 Å². The second-order valence-corrected chi connectivity index (χ2v) is 18.5. The molecule has 58 heavy (non-hydrogen) atoms. The third-order valence-corrected chi connectivity index (χ3v) is 14.2. The zero-order chi connectivity index (χ0) is 40.4. The van der Waals surface area contributed by atoms with Crippen LogP contribution in [0.4, 0.5) is 11.5 Å². The summed E-state index contributed by atoms with van der Waals surface area (Å²) in [4.78, 5) is 46.7. The molecule has 8 rings (SSSR count). The Kier molecular flexibility index (Phi) is 14.6. The predicted octanol–water partition coefficient (Wildman–Crippen LogP) is 10.1. The van der Waals surface area contributed by atoms with Gasteiger partial charge in [0.15, 0.2) is 0 Å². The van der Waals surface area contributed by atoms with Gasteiger partial charge in [-0.3, -0.25) is 9.59 Å². The number of rotatable bonds is 10. The van der Waals surface area contributed by atoms with Crippen molar-refractivity contribution in [3.8, 4) is 5.75 Å². The molecule has 300 valence electrons. The minimum absolute atomic E-state index is 0.0779. The van der Waals surface area contributed by atoms with Crippen LogP contribution in [0.1, 0.15) is 36.3 Å². The predicted molar refractivity (Wildman–Crippen MR) is 242 cm³/mol. The molecule has 0 radical (unpaired) electrons. The Morgan fingerprint density at radius 3 is 1.91 bits per heavy atom. The normalized spacial score (nSPS) is 14.3. The number of phenolic OH excluding ortho intramolecular Hbond substituents is 1. The number of pyridine rings is 1. The van der Waals surface area contributed by atoms with Crippen LogP contribution in [0.2, 0.25) is 10.0 Å². The molecule has 0 bridgehead atoms. The molecule has 5 heterocycles. The van der Waals surface area contributed by atoms with Crippen LogP contribution < -0.4 is 9.80 Å². The molecule has 2 saturated heterocycles. The van der Waals surface area contributed by atoms with E-state index in [9.17, 15) is 14.7 Å². The van der Waals surface area contributed by atoms with E-state index < -0.39 is 0 Å². The lowest BCUT2D eigenvalue weighted by Crippen LogP contribution is -2.49. The molecule has 0 unspecified atom stereocenters. The lowest BCUT2D eigenvalue weighted by atomic mass is 10.1. The number of carbonyl (C=O) groups is 2. The van der Waals surface area contributed by atoms with Gasteiger partial charge in [-0.25, -0.2) is 9.97 Å². The summed E-state index contributed by atoms with van der Waals surface area (Å²) < 4.78 is 0. The van der Waals surface area contributed by atoms with Gasteiger partial charge < -0.3 is 24.7 Å².